The van der Waals surface area contributed by atoms with E-state index in [1.165, 1.54) is 16.3 Å². The lowest BCUT2D eigenvalue weighted by molar-refractivity contribution is 0.566. The molecule has 0 aliphatic carbocycles. The van der Waals surface area contributed by atoms with Crippen LogP contribution in [0.15, 0.2) is 42.5 Å². The van der Waals surface area contributed by atoms with Crippen LogP contribution in [0.1, 0.15) is 25.8 Å². The smallest absolute Gasteiger partial charge is 0.0362 e. The fourth-order valence-corrected chi connectivity index (χ4v) is 2.25. The maximum atomic E-state index is 6.32. The van der Waals surface area contributed by atoms with E-state index in [0.717, 1.165) is 12.8 Å². The monoisotopic (exact) mass is 246 g/mol. The van der Waals surface area contributed by atoms with Crippen LogP contribution in [0.25, 0.3) is 10.8 Å². The third kappa shape index (κ3) is 3.01. The van der Waals surface area contributed by atoms with E-state index in [1.807, 2.05) is 0 Å². The Kier molecular flexibility index (Phi) is 4.06. The maximum Gasteiger partial charge on any atom is 0.0362 e. The molecule has 0 saturated carbocycles. The molecule has 0 amide bonds. The summed E-state index contributed by atoms with van der Waals surface area (Å²) in [5.41, 5.74) is 1.41. The van der Waals surface area contributed by atoms with Crippen molar-refractivity contribution in [3.63, 3.8) is 0 Å². The molecular formula is C16H19Cl. The van der Waals surface area contributed by atoms with Gasteiger partial charge in [-0.25, -0.2) is 0 Å². The molecule has 2 aromatic rings. The highest BCUT2D eigenvalue weighted by atomic mass is 35.5. The Morgan fingerprint density at radius 3 is 2.47 bits per heavy atom. The zero-order chi connectivity index (χ0) is 12.3. The van der Waals surface area contributed by atoms with Crippen molar-refractivity contribution in [3.8, 4) is 0 Å². The highest BCUT2D eigenvalue weighted by molar-refractivity contribution is 6.20. The second kappa shape index (κ2) is 5.55. The molecule has 2 rings (SSSR count). The van der Waals surface area contributed by atoms with Gasteiger partial charge >= 0.3 is 0 Å². The standard InChI is InChI=1S/C16H19Cl/c1-12(2)16(17)11-10-14-8-5-7-13-6-3-4-9-15(13)14/h3-9,12,16H,10-11H2,1-2H3. The van der Waals surface area contributed by atoms with Crippen LogP contribution in [0.4, 0.5) is 0 Å². The maximum absolute atomic E-state index is 6.32. The van der Waals surface area contributed by atoms with Gasteiger partial charge in [0.2, 0.25) is 0 Å². The third-order valence-corrected chi connectivity index (χ3v) is 4.01. The zero-order valence-corrected chi connectivity index (χ0v) is 11.2. The topological polar surface area (TPSA) is 0 Å². The van der Waals surface area contributed by atoms with Crippen molar-refractivity contribution in [1.82, 2.24) is 0 Å². The van der Waals surface area contributed by atoms with Gasteiger partial charge < -0.3 is 0 Å². The van der Waals surface area contributed by atoms with Gasteiger partial charge in [0, 0.05) is 5.38 Å². The summed E-state index contributed by atoms with van der Waals surface area (Å²) in [7, 11) is 0. The Morgan fingerprint density at radius 1 is 1.00 bits per heavy atom. The number of aryl methyl sites for hydroxylation is 1. The van der Waals surface area contributed by atoms with Crippen molar-refractivity contribution in [3.05, 3.63) is 48.0 Å². The van der Waals surface area contributed by atoms with E-state index in [2.05, 4.69) is 56.3 Å². The van der Waals surface area contributed by atoms with E-state index >= 15 is 0 Å². The zero-order valence-electron chi connectivity index (χ0n) is 10.5. The van der Waals surface area contributed by atoms with Gasteiger partial charge in [-0.2, -0.15) is 0 Å². The molecule has 90 valence electrons. The first-order valence-electron chi connectivity index (χ1n) is 6.29. The van der Waals surface area contributed by atoms with Gasteiger partial charge in [-0.15, -0.1) is 11.6 Å². The van der Waals surface area contributed by atoms with Crippen LogP contribution in [-0.4, -0.2) is 5.38 Å². The lowest BCUT2D eigenvalue weighted by atomic mass is 9.97. The molecular weight excluding hydrogens is 228 g/mol. The molecule has 1 atom stereocenters. The Labute approximate surface area is 109 Å². The van der Waals surface area contributed by atoms with Crippen LogP contribution < -0.4 is 0 Å². The van der Waals surface area contributed by atoms with Crippen molar-refractivity contribution in [2.24, 2.45) is 5.92 Å². The van der Waals surface area contributed by atoms with E-state index in [9.17, 15) is 0 Å². The number of halogens is 1. The lowest BCUT2D eigenvalue weighted by Gasteiger charge is -2.13. The first kappa shape index (κ1) is 12.4. The molecule has 0 nitrogen and oxygen atoms in total. The molecule has 1 unspecified atom stereocenters. The molecule has 1 heteroatoms. The summed E-state index contributed by atoms with van der Waals surface area (Å²) in [5, 5.41) is 2.96. The van der Waals surface area contributed by atoms with Crippen LogP contribution >= 0.6 is 11.6 Å². The fourth-order valence-electron chi connectivity index (χ4n) is 2.14. The van der Waals surface area contributed by atoms with E-state index in [4.69, 9.17) is 11.6 Å². The molecule has 0 aliphatic rings. The molecule has 0 heterocycles. The van der Waals surface area contributed by atoms with E-state index in [1.54, 1.807) is 0 Å². The minimum Gasteiger partial charge on any atom is -0.123 e. The summed E-state index contributed by atoms with van der Waals surface area (Å²) in [4.78, 5) is 0. The van der Waals surface area contributed by atoms with Crippen LogP contribution in [0.2, 0.25) is 0 Å². The van der Waals surface area contributed by atoms with Crippen LogP contribution in [0, 0.1) is 5.92 Å². The van der Waals surface area contributed by atoms with Crippen LogP contribution in [0.3, 0.4) is 0 Å². The average Bonchev–Trinajstić information content (AvgIpc) is 2.35. The first-order chi connectivity index (χ1) is 8.18. The SMILES string of the molecule is CC(C)C(Cl)CCc1cccc2ccccc12. The highest BCUT2D eigenvalue weighted by Gasteiger charge is 2.10. The minimum absolute atomic E-state index is 0.272. The molecule has 0 saturated heterocycles. The summed E-state index contributed by atoms with van der Waals surface area (Å²) in [5.74, 6) is 0.548. The second-order valence-corrected chi connectivity index (χ2v) is 5.50. The lowest BCUT2D eigenvalue weighted by Crippen LogP contribution is -2.08. The number of alkyl halides is 1. The van der Waals surface area contributed by atoms with Crippen molar-refractivity contribution < 1.29 is 0 Å². The van der Waals surface area contributed by atoms with Crippen LogP contribution in [-0.2, 0) is 6.42 Å². The van der Waals surface area contributed by atoms with Gasteiger partial charge in [-0.1, -0.05) is 56.3 Å². The van der Waals surface area contributed by atoms with Gasteiger partial charge in [0.25, 0.3) is 0 Å². The Bertz CT molecular complexity index is 482. The third-order valence-electron chi connectivity index (χ3n) is 3.29. The summed E-state index contributed by atoms with van der Waals surface area (Å²) >= 11 is 6.32. The summed E-state index contributed by atoms with van der Waals surface area (Å²) < 4.78 is 0. The van der Waals surface area contributed by atoms with Gasteiger partial charge in [0.1, 0.15) is 0 Å². The van der Waals surface area contributed by atoms with E-state index in [0.29, 0.717) is 5.92 Å². The van der Waals surface area contributed by atoms with Gasteiger partial charge in [-0.3, -0.25) is 0 Å². The molecule has 0 bridgehead atoms. The number of hydrogen-bond acceptors (Lipinski definition) is 0. The number of hydrogen-bond donors (Lipinski definition) is 0. The van der Waals surface area contributed by atoms with Crippen LogP contribution in [0.5, 0.6) is 0 Å². The molecule has 0 radical (unpaired) electrons. The van der Waals surface area contributed by atoms with Crippen molar-refractivity contribution in [2.45, 2.75) is 32.1 Å². The molecule has 0 spiro atoms. The van der Waals surface area contributed by atoms with E-state index in [-0.39, 0.29) is 5.38 Å². The molecule has 2 aromatic carbocycles. The summed E-state index contributed by atoms with van der Waals surface area (Å²) in [6, 6.07) is 15.1. The average molecular weight is 247 g/mol. The second-order valence-electron chi connectivity index (χ2n) is 4.94. The largest absolute Gasteiger partial charge is 0.123 e. The van der Waals surface area contributed by atoms with Crippen molar-refractivity contribution >= 4 is 22.4 Å². The predicted octanol–water partition coefficient (Wildman–Crippen LogP) is 5.04. The Hall–Kier alpha value is -1.01. The normalized spacial score (nSPS) is 13.2. The minimum atomic E-state index is 0.272. The van der Waals surface area contributed by atoms with Gasteiger partial charge in [0.05, 0.1) is 0 Å². The van der Waals surface area contributed by atoms with Crippen molar-refractivity contribution in [1.29, 1.82) is 0 Å². The number of benzene rings is 2. The van der Waals surface area contributed by atoms with Crippen molar-refractivity contribution in [2.75, 3.05) is 0 Å². The van der Waals surface area contributed by atoms with E-state index < -0.39 is 0 Å². The molecule has 17 heavy (non-hydrogen) atoms. The first-order valence-corrected chi connectivity index (χ1v) is 6.73. The molecule has 0 aromatic heterocycles. The molecule has 0 N–H and O–H groups in total. The quantitative estimate of drug-likeness (QED) is 0.664. The Balaban J connectivity index is 2.19. The number of fused-ring (bicyclic) bond motifs is 1. The summed E-state index contributed by atoms with van der Waals surface area (Å²) in [6.07, 6.45) is 2.11. The molecule has 0 aliphatic heterocycles. The Morgan fingerprint density at radius 2 is 1.71 bits per heavy atom. The highest BCUT2D eigenvalue weighted by Crippen LogP contribution is 2.22. The summed E-state index contributed by atoms with van der Waals surface area (Å²) in [6.45, 7) is 4.36. The van der Waals surface area contributed by atoms with Gasteiger partial charge in [0.15, 0.2) is 0 Å². The fraction of sp³-hybridized carbons (Fsp3) is 0.375. The number of rotatable bonds is 4. The predicted molar refractivity (Wildman–Crippen MR) is 76.7 cm³/mol. The molecule has 0 fully saturated rings. The van der Waals surface area contributed by atoms with Gasteiger partial charge in [-0.05, 0) is 35.1 Å².